The van der Waals surface area contributed by atoms with E-state index in [2.05, 4.69) is 26.0 Å². The Morgan fingerprint density at radius 1 is 1.13 bits per heavy atom. The fourth-order valence-corrected chi connectivity index (χ4v) is 4.13. The van der Waals surface area contributed by atoms with Gasteiger partial charge in [0.05, 0.1) is 18.9 Å². The Kier molecular flexibility index (Phi) is 6.81. The molecule has 3 aromatic rings. The molecule has 160 valence electrons. The summed E-state index contributed by atoms with van der Waals surface area (Å²) in [5, 5.41) is 15.1. The molecule has 0 spiro atoms. The third-order valence-corrected chi connectivity index (χ3v) is 5.96. The third-order valence-electron chi connectivity index (χ3n) is 5.96. The van der Waals surface area contributed by atoms with Crippen molar-refractivity contribution < 1.29 is 9.84 Å². The zero-order valence-corrected chi connectivity index (χ0v) is 18.4. The van der Waals surface area contributed by atoms with Gasteiger partial charge in [0.2, 0.25) is 0 Å². The van der Waals surface area contributed by atoms with Gasteiger partial charge in [-0.25, -0.2) is 9.67 Å². The first-order chi connectivity index (χ1) is 14.0. The first kappa shape index (κ1) is 22.3. The lowest BCUT2D eigenvalue weighted by Gasteiger charge is -2.14. The molecular weight excluding hydrogens is 400 g/mol. The number of para-hydroxylation sites is 1. The van der Waals surface area contributed by atoms with Crippen molar-refractivity contribution in [1.29, 1.82) is 0 Å². The third kappa shape index (κ3) is 4.21. The minimum absolute atomic E-state index is 0. The number of benzene rings is 2. The zero-order valence-electron chi connectivity index (χ0n) is 17.6. The summed E-state index contributed by atoms with van der Waals surface area (Å²) in [6, 6.07) is 13.9. The lowest BCUT2D eigenvalue weighted by molar-refractivity contribution is 0.163. The monoisotopic (exact) mass is 428 g/mol. The van der Waals surface area contributed by atoms with E-state index >= 15 is 0 Å². The minimum atomic E-state index is -0.499. The van der Waals surface area contributed by atoms with Crippen LogP contribution in [-0.2, 0) is 6.42 Å². The molecule has 6 nitrogen and oxygen atoms in total. The van der Waals surface area contributed by atoms with Crippen molar-refractivity contribution in [1.82, 2.24) is 14.8 Å². The van der Waals surface area contributed by atoms with E-state index in [4.69, 9.17) is 20.6 Å². The summed E-state index contributed by atoms with van der Waals surface area (Å²) in [7, 11) is 1.67. The quantitative estimate of drug-likeness (QED) is 0.649. The van der Waals surface area contributed by atoms with E-state index < -0.39 is 6.10 Å². The van der Waals surface area contributed by atoms with Gasteiger partial charge >= 0.3 is 0 Å². The Labute approximate surface area is 183 Å². The second-order valence-electron chi connectivity index (χ2n) is 7.91. The van der Waals surface area contributed by atoms with Crippen LogP contribution >= 0.6 is 12.4 Å². The lowest BCUT2D eigenvalue weighted by atomic mass is 10.1. The van der Waals surface area contributed by atoms with Gasteiger partial charge in [0.25, 0.3) is 0 Å². The fraction of sp³-hybridized carbons (Fsp3) is 0.391. The standard InChI is InChI=1S/C23H28N4O2.ClH/c1-14-7-6-9-19(15(14)2)27-23(17-11-18(24)20(28)12-17)25-22(26-27)13-16-8-4-5-10-21(16)29-3;/h4-10,17-18,20,28H,11-13,24H2,1-3H3;1H/t17-,18+,20+;/m0./s1. The molecule has 1 saturated carbocycles. The first-order valence-electron chi connectivity index (χ1n) is 10.1. The number of ether oxygens (including phenoxy) is 1. The molecule has 1 aliphatic carbocycles. The van der Waals surface area contributed by atoms with Crippen molar-refractivity contribution >= 4 is 12.4 Å². The van der Waals surface area contributed by atoms with Crippen LogP contribution in [0.15, 0.2) is 42.5 Å². The second kappa shape index (κ2) is 9.16. The van der Waals surface area contributed by atoms with Gasteiger partial charge in [0, 0.05) is 23.9 Å². The number of nitrogens with two attached hydrogens (primary N) is 1. The highest BCUT2D eigenvalue weighted by Crippen LogP contribution is 2.35. The number of nitrogens with zero attached hydrogens (tertiary/aromatic N) is 3. The Morgan fingerprint density at radius 2 is 1.90 bits per heavy atom. The Bertz CT molecular complexity index is 1010. The van der Waals surface area contributed by atoms with Gasteiger partial charge in [0.15, 0.2) is 5.82 Å². The van der Waals surface area contributed by atoms with Crippen LogP contribution in [0.5, 0.6) is 5.75 Å². The van der Waals surface area contributed by atoms with Gasteiger partial charge in [-0.15, -0.1) is 12.4 Å². The maximum atomic E-state index is 10.2. The highest BCUT2D eigenvalue weighted by molar-refractivity contribution is 5.85. The lowest BCUT2D eigenvalue weighted by Crippen LogP contribution is -2.28. The van der Waals surface area contributed by atoms with Crippen molar-refractivity contribution in [2.24, 2.45) is 5.73 Å². The normalized spacial score (nSPS) is 20.8. The van der Waals surface area contributed by atoms with Gasteiger partial charge in [-0.1, -0.05) is 30.3 Å². The molecule has 0 aliphatic heterocycles. The SMILES string of the molecule is COc1ccccc1Cc1nc([C@H]2C[C@@H](N)[C@H](O)C2)n(-c2cccc(C)c2C)n1.Cl. The molecular formula is C23H29ClN4O2. The van der Waals surface area contributed by atoms with Gasteiger partial charge in [-0.05, 0) is 49.9 Å². The van der Waals surface area contributed by atoms with Gasteiger partial charge in [-0.2, -0.15) is 5.10 Å². The summed E-state index contributed by atoms with van der Waals surface area (Å²) in [5.41, 5.74) is 10.5. The summed E-state index contributed by atoms with van der Waals surface area (Å²) in [6.45, 7) is 4.20. The van der Waals surface area contributed by atoms with Crippen LogP contribution in [0.1, 0.15) is 47.1 Å². The molecule has 2 aromatic carbocycles. The highest BCUT2D eigenvalue weighted by Gasteiger charge is 2.35. The summed E-state index contributed by atoms with van der Waals surface area (Å²) in [6.07, 6.45) is 1.40. The number of aryl methyl sites for hydroxylation is 1. The number of aliphatic hydroxyl groups excluding tert-OH is 1. The summed E-state index contributed by atoms with van der Waals surface area (Å²) in [4.78, 5) is 4.91. The van der Waals surface area contributed by atoms with Crippen molar-refractivity contribution in [3.63, 3.8) is 0 Å². The van der Waals surface area contributed by atoms with Crippen LogP contribution < -0.4 is 10.5 Å². The molecule has 1 aromatic heterocycles. The van der Waals surface area contributed by atoms with Gasteiger partial charge in [-0.3, -0.25) is 0 Å². The first-order valence-corrected chi connectivity index (χ1v) is 10.1. The van der Waals surface area contributed by atoms with Crippen LogP contribution in [0.3, 0.4) is 0 Å². The van der Waals surface area contributed by atoms with E-state index in [1.54, 1.807) is 7.11 Å². The summed E-state index contributed by atoms with van der Waals surface area (Å²) >= 11 is 0. The molecule has 3 N–H and O–H groups in total. The Morgan fingerprint density at radius 3 is 2.60 bits per heavy atom. The van der Waals surface area contributed by atoms with E-state index in [9.17, 15) is 5.11 Å². The Balaban J connectivity index is 0.00000256. The number of halogens is 1. The molecule has 1 aliphatic rings. The van der Waals surface area contributed by atoms with E-state index in [0.29, 0.717) is 19.3 Å². The largest absolute Gasteiger partial charge is 0.496 e. The number of hydrogen-bond acceptors (Lipinski definition) is 5. The van der Waals surface area contributed by atoms with Crippen molar-refractivity contribution in [2.45, 2.75) is 51.2 Å². The fourth-order valence-electron chi connectivity index (χ4n) is 4.13. The number of rotatable bonds is 5. The number of aromatic nitrogens is 3. The van der Waals surface area contributed by atoms with Gasteiger partial charge < -0.3 is 15.6 Å². The summed E-state index contributed by atoms with van der Waals surface area (Å²) < 4.78 is 7.44. The molecule has 1 fully saturated rings. The molecule has 0 unspecified atom stereocenters. The van der Waals surface area contributed by atoms with Crippen LogP contribution in [-0.4, -0.2) is 39.1 Å². The van der Waals surface area contributed by atoms with E-state index in [0.717, 1.165) is 28.6 Å². The maximum absolute atomic E-state index is 10.2. The number of aliphatic hydroxyl groups is 1. The molecule has 7 heteroatoms. The smallest absolute Gasteiger partial charge is 0.155 e. The van der Waals surface area contributed by atoms with E-state index in [-0.39, 0.29) is 24.4 Å². The molecule has 0 saturated heterocycles. The second-order valence-corrected chi connectivity index (χ2v) is 7.91. The predicted molar refractivity (Wildman–Crippen MR) is 120 cm³/mol. The van der Waals surface area contributed by atoms with Crippen LogP contribution in [0.25, 0.3) is 5.69 Å². The molecule has 1 heterocycles. The van der Waals surface area contributed by atoms with Gasteiger partial charge in [0.1, 0.15) is 11.6 Å². The topological polar surface area (TPSA) is 86.2 Å². The predicted octanol–water partition coefficient (Wildman–Crippen LogP) is 3.47. The highest BCUT2D eigenvalue weighted by atomic mass is 35.5. The van der Waals surface area contributed by atoms with Crippen molar-refractivity contribution in [3.8, 4) is 11.4 Å². The molecule has 0 amide bonds. The molecule has 0 radical (unpaired) electrons. The zero-order chi connectivity index (χ0) is 20.5. The van der Waals surface area contributed by atoms with Crippen molar-refractivity contribution in [2.75, 3.05) is 7.11 Å². The number of hydrogen-bond donors (Lipinski definition) is 2. The maximum Gasteiger partial charge on any atom is 0.155 e. The molecule has 30 heavy (non-hydrogen) atoms. The molecule has 4 rings (SSSR count). The van der Waals surface area contributed by atoms with E-state index in [1.807, 2.05) is 35.0 Å². The molecule has 0 bridgehead atoms. The van der Waals surface area contributed by atoms with Crippen LogP contribution in [0.4, 0.5) is 0 Å². The average molecular weight is 429 g/mol. The summed E-state index contributed by atoms with van der Waals surface area (Å²) in [5.74, 6) is 2.52. The molecule has 3 atom stereocenters. The van der Waals surface area contributed by atoms with Crippen molar-refractivity contribution in [3.05, 3.63) is 70.8 Å². The van der Waals surface area contributed by atoms with Crippen LogP contribution in [0.2, 0.25) is 0 Å². The number of methoxy groups -OCH3 is 1. The van der Waals surface area contributed by atoms with Crippen LogP contribution in [0, 0.1) is 13.8 Å². The minimum Gasteiger partial charge on any atom is -0.496 e. The van der Waals surface area contributed by atoms with E-state index in [1.165, 1.54) is 11.1 Å². The Hall–Kier alpha value is -2.41. The average Bonchev–Trinajstić information content (AvgIpc) is 3.27.